The molecule has 49 heavy (non-hydrogen) atoms. The van der Waals surface area contributed by atoms with Crippen LogP contribution < -0.4 is 0 Å². The van der Waals surface area contributed by atoms with Crippen LogP contribution in [0.1, 0.15) is 22.5 Å². The number of nitrogens with zero attached hydrogens (tertiary/aromatic N) is 4. The Morgan fingerprint density at radius 1 is 0.265 bits per heavy atom. The number of aromatic nitrogens is 4. The van der Waals surface area contributed by atoms with Crippen molar-refractivity contribution in [3.05, 3.63) is 192 Å². The van der Waals surface area contributed by atoms with Crippen molar-refractivity contribution < 1.29 is 0 Å². The van der Waals surface area contributed by atoms with Crippen molar-refractivity contribution in [1.82, 2.24) is 19.9 Å². The van der Waals surface area contributed by atoms with Crippen LogP contribution in [-0.2, 0) is 5.41 Å². The largest absolute Gasteiger partial charge is 0.246 e. The molecule has 6 aromatic carbocycles. The van der Waals surface area contributed by atoms with Crippen molar-refractivity contribution >= 4 is 0 Å². The van der Waals surface area contributed by atoms with Gasteiger partial charge in [-0.15, -0.1) is 0 Å². The Balaban J connectivity index is 1.39. The zero-order chi connectivity index (χ0) is 32.4. The van der Waals surface area contributed by atoms with Gasteiger partial charge in [-0.2, -0.15) is 0 Å². The van der Waals surface area contributed by atoms with Gasteiger partial charge in [-0.3, -0.25) is 0 Å². The lowest BCUT2D eigenvalue weighted by Crippen LogP contribution is -2.29. The fourth-order valence-corrected chi connectivity index (χ4v) is 7.77. The van der Waals surface area contributed by atoms with E-state index in [4.69, 9.17) is 19.9 Å². The van der Waals surface area contributed by atoms with Crippen LogP contribution in [0.25, 0.3) is 67.5 Å². The lowest BCUT2D eigenvalue weighted by atomic mass is 9.75. The van der Waals surface area contributed by atoms with Gasteiger partial charge >= 0.3 is 0 Å². The highest BCUT2D eigenvalue weighted by atomic mass is 15.0. The van der Waals surface area contributed by atoms with Gasteiger partial charge in [-0.05, 0) is 22.3 Å². The van der Waals surface area contributed by atoms with Crippen LogP contribution in [0.5, 0.6) is 0 Å². The predicted molar refractivity (Wildman–Crippen MR) is 196 cm³/mol. The smallest absolute Gasteiger partial charge is 0.115 e. The molecule has 0 aliphatic heterocycles. The third kappa shape index (κ3) is 3.98. The van der Waals surface area contributed by atoms with E-state index in [0.717, 1.165) is 78.9 Å². The average molecular weight is 625 g/mol. The summed E-state index contributed by atoms with van der Waals surface area (Å²) in [7, 11) is 0. The third-order valence-corrected chi connectivity index (χ3v) is 9.87. The minimum Gasteiger partial charge on any atom is -0.246 e. The normalized spacial score (nSPS) is 13.1. The summed E-state index contributed by atoms with van der Waals surface area (Å²) < 4.78 is 0. The average Bonchev–Trinajstić information content (AvgIpc) is 3.64. The van der Waals surface area contributed by atoms with Crippen molar-refractivity contribution in [1.29, 1.82) is 0 Å². The first-order chi connectivity index (χ1) is 24.3. The first kappa shape index (κ1) is 27.6. The Morgan fingerprint density at radius 3 is 0.898 bits per heavy atom. The summed E-state index contributed by atoms with van der Waals surface area (Å²) in [5.41, 5.74) is 14.5. The molecule has 0 saturated carbocycles. The molecule has 4 nitrogen and oxygen atoms in total. The van der Waals surface area contributed by atoms with E-state index in [-0.39, 0.29) is 0 Å². The molecule has 0 fully saturated rings. The van der Waals surface area contributed by atoms with Crippen LogP contribution in [-0.4, -0.2) is 19.9 Å². The van der Waals surface area contributed by atoms with Gasteiger partial charge in [-0.25, -0.2) is 19.9 Å². The highest BCUT2D eigenvalue weighted by Crippen LogP contribution is 2.62. The van der Waals surface area contributed by atoms with E-state index in [1.807, 2.05) is 24.3 Å². The quantitative estimate of drug-likeness (QED) is 0.196. The van der Waals surface area contributed by atoms with Crippen molar-refractivity contribution in [3.8, 4) is 67.5 Å². The molecular formula is C45H28N4. The maximum atomic E-state index is 5.71. The lowest BCUT2D eigenvalue weighted by Gasteiger charge is -2.28. The number of rotatable bonds is 4. The van der Waals surface area contributed by atoms with Gasteiger partial charge in [0.25, 0.3) is 0 Å². The molecular weight excluding hydrogens is 597 g/mol. The highest BCUT2D eigenvalue weighted by molar-refractivity contribution is 5.94. The first-order valence-electron chi connectivity index (χ1n) is 16.6. The number of fused-ring (bicyclic) bond motifs is 10. The van der Waals surface area contributed by atoms with Crippen molar-refractivity contribution in [2.45, 2.75) is 5.41 Å². The van der Waals surface area contributed by atoms with Crippen LogP contribution in [0.4, 0.5) is 0 Å². The van der Waals surface area contributed by atoms with Gasteiger partial charge in [-0.1, -0.05) is 170 Å². The zero-order valence-electron chi connectivity index (χ0n) is 26.5. The SMILES string of the molecule is c1ccc(-c2nc3c(nc2-c2ccccc2)C2(c4ccccc4-c4ccccc42)c2nc(-c4ccccc4)c(-c4ccccc4)nc2-3)cc1. The minimum absolute atomic E-state index is 0.768. The third-order valence-electron chi connectivity index (χ3n) is 9.87. The maximum Gasteiger partial charge on any atom is 0.115 e. The topological polar surface area (TPSA) is 51.6 Å². The van der Waals surface area contributed by atoms with Gasteiger partial charge in [0.1, 0.15) is 16.8 Å². The fourth-order valence-electron chi connectivity index (χ4n) is 7.77. The Morgan fingerprint density at radius 2 is 0.551 bits per heavy atom. The van der Waals surface area contributed by atoms with Crippen molar-refractivity contribution in [2.75, 3.05) is 0 Å². The van der Waals surface area contributed by atoms with E-state index < -0.39 is 5.41 Å². The molecule has 10 rings (SSSR count). The summed E-state index contributed by atoms with van der Waals surface area (Å²) in [4.78, 5) is 22.6. The number of hydrogen-bond donors (Lipinski definition) is 0. The van der Waals surface area contributed by atoms with E-state index in [2.05, 4.69) is 146 Å². The second kappa shape index (κ2) is 10.8. The minimum atomic E-state index is -0.810. The molecule has 0 N–H and O–H groups in total. The molecule has 2 aromatic heterocycles. The summed E-state index contributed by atoms with van der Waals surface area (Å²) in [6.45, 7) is 0. The summed E-state index contributed by atoms with van der Waals surface area (Å²) in [5, 5.41) is 0. The Kier molecular flexibility index (Phi) is 6.06. The summed E-state index contributed by atoms with van der Waals surface area (Å²) in [6, 6.07) is 58.9. The molecule has 0 radical (unpaired) electrons. The van der Waals surface area contributed by atoms with Crippen LogP contribution >= 0.6 is 0 Å². The van der Waals surface area contributed by atoms with Crippen LogP contribution in [0, 0.1) is 0 Å². The maximum absolute atomic E-state index is 5.71. The van der Waals surface area contributed by atoms with E-state index in [0.29, 0.717) is 0 Å². The van der Waals surface area contributed by atoms with E-state index in [1.165, 1.54) is 11.1 Å². The van der Waals surface area contributed by atoms with Crippen LogP contribution in [0.2, 0.25) is 0 Å². The zero-order valence-corrected chi connectivity index (χ0v) is 26.5. The molecule has 2 heterocycles. The van der Waals surface area contributed by atoms with E-state index >= 15 is 0 Å². The van der Waals surface area contributed by atoms with Crippen molar-refractivity contribution in [2.24, 2.45) is 0 Å². The van der Waals surface area contributed by atoms with Crippen LogP contribution in [0.15, 0.2) is 170 Å². The number of hydrogen-bond acceptors (Lipinski definition) is 4. The summed E-state index contributed by atoms with van der Waals surface area (Å²) in [5.74, 6) is 0. The Labute approximate surface area is 284 Å². The molecule has 0 atom stereocenters. The van der Waals surface area contributed by atoms with Crippen molar-refractivity contribution in [3.63, 3.8) is 0 Å². The van der Waals surface area contributed by atoms with Gasteiger partial charge in [0.05, 0.1) is 34.2 Å². The first-order valence-corrected chi connectivity index (χ1v) is 16.6. The van der Waals surface area contributed by atoms with Gasteiger partial charge in [0.2, 0.25) is 0 Å². The predicted octanol–water partition coefficient (Wildman–Crippen LogP) is 10.3. The van der Waals surface area contributed by atoms with Crippen LogP contribution in [0.3, 0.4) is 0 Å². The second-order valence-electron chi connectivity index (χ2n) is 12.5. The molecule has 2 aliphatic rings. The van der Waals surface area contributed by atoms with Gasteiger partial charge in [0.15, 0.2) is 0 Å². The second-order valence-corrected chi connectivity index (χ2v) is 12.5. The molecule has 4 heteroatoms. The lowest BCUT2D eigenvalue weighted by molar-refractivity contribution is 0.729. The molecule has 0 amide bonds. The summed E-state index contributed by atoms with van der Waals surface area (Å²) >= 11 is 0. The molecule has 1 spiro atoms. The Hall–Kier alpha value is -6.52. The Bertz CT molecular complexity index is 2350. The van der Waals surface area contributed by atoms with Gasteiger partial charge < -0.3 is 0 Å². The summed E-state index contributed by atoms with van der Waals surface area (Å²) in [6.07, 6.45) is 0. The van der Waals surface area contributed by atoms with E-state index in [1.54, 1.807) is 0 Å². The molecule has 0 saturated heterocycles. The highest BCUT2D eigenvalue weighted by Gasteiger charge is 2.56. The molecule has 0 bridgehead atoms. The standard InChI is InChI=1S/C45H28N4/c1-5-17-29(18-6-1)37-39(31-21-9-3-10-22-31)48-43-41(46-37)42-44(45(43)35-27-15-13-25-33(35)34-26-14-16-28-36(34)45)49-40(32-23-11-4-12-24-32)38(47-42)30-19-7-2-8-20-30/h1-28H. The van der Waals surface area contributed by atoms with E-state index in [9.17, 15) is 0 Å². The van der Waals surface area contributed by atoms with Gasteiger partial charge in [0, 0.05) is 22.3 Å². The molecule has 8 aromatic rings. The molecule has 2 aliphatic carbocycles. The monoisotopic (exact) mass is 624 g/mol. The number of benzene rings is 6. The molecule has 228 valence electrons. The fraction of sp³-hybridized carbons (Fsp3) is 0.0222. The molecule has 0 unspecified atom stereocenters.